The van der Waals surface area contributed by atoms with E-state index in [0.717, 1.165) is 43.2 Å². The molecule has 1 saturated heterocycles. The number of fused-ring (bicyclic) bond motifs is 4. The van der Waals surface area contributed by atoms with Crippen LogP contribution in [0.5, 0.6) is 5.75 Å². The highest BCUT2D eigenvalue weighted by atomic mass is 79.9. The van der Waals surface area contributed by atoms with Crippen molar-refractivity contribution in [3.05, 3.63) is 135 Å². The summed E-state index contributed by atoms with van der Waals surface area (Å²) in [7, 11) is 0. The number of anilines is 1. The Kier molecular flexibility index (Phi) is 6.55. The smallest absolute Gasteiger partial charge is 0.321 e. The number of carbonyl (C=O) groups excluding carboxylic acids is 1. The summed E-state index contributed by atoms with van der Waals surface area (Å²) in [6.07, 6.45) is 2.77. The lowest BCUT2D eigenvalue weighted by Crippen LogP contribution is -2.63. The first-order valence-electron chi connectivity index (χ1n) is 14.0. The zero-order valence-corrected chi connectivity index (χ0v) is 26.0. The molecule has 2 unspecified atom stereocenters. The van der Waals surface area contributed by atoms with Gasteiger partial charge in [0.2, 0.25) is 0 Å². The van der Waals surface area contributed by atoms with E-state index in [2.05, 4.69) is 85.2 Å². The van der Waals surface area contributed by atoms with Crippen LogP contribution >= 0.6 is 27.7 Å². The lowest BCUT2D eigenvalue weighted by Gasteiger charge is -2.49. The predicted octanol–water partition coefficient (Wildman–Crippen LogP) is 9.36. The van der Waals surface area contributed by atoms with Crippen molar-refractivity contribution in [2.45, 2.75) is 44.5 Å². The Balaban J connectivity index is 1.45. The zero-order valence-electron chi connectivity index (χ0n) is 23.6. The molecular weight excluding hydrogens is 606 g/mol. The molecule has 7 heteroatoms. The monoisotopic (exact) mass is 635 g/mol. The summed E-state index contributed by atoms with van der Waals surface area (Å²) in [5, 5.41) is 7.16. The van der Waals surface area contributed by atoms with E-state index in [1.165, 1.54) is 17.3 Å². The fourth-order valence-corrected chi connectivity index (χ4v) is 7.31. The second-order valence-electron chi connectivity index (χ2n) is 11.8. The molecule has 3 aliphatic rings. The van der Waals surface area contributed by atoms with Gasteiger partial charge in [-0.2, -0.15) is 5.10 Å². The van der Waals surface area contributed by atoms with Gasteiger partial charge in [0, 0.05) is 16.5 Å². The van der Waals surface area contributed by atoms with Crippen molar-refractivity contribution in [3.8, 4) is 5.75 Å². The lowest BCUT2D eigenvalue weighted by atomic mass is 9.86. The summed E-state index contributed by atoms with van der Waals surface area (Å²) in [5.74, 6) is -0.553. The van der Waals surface area contributed by atoms with Gasteiger partial charge < -0.3 is 4.74 Å². The van der Waals surface area contributed by atoms with Crippen LogP contribution in [0, 0.1) is 0 Å². The van der Waals surface area contributed by atoms with Crippen LogP contribution in [-0.2, 0) is 5.41 Å². The van der Waals surface area contributed by atoms with Crippen LogP contribution in [-0.4, -0.2) is 21.8 Å². The fraction of sp³-hybridized carbons (Fsp3) is 0.200. The Morgan fingerprint density at radius 2 is 1.64 bits per heavy atom. The number of hydrogen-bond acceptors (Lipinski definition) is 5. The van der Waals surface area contributed by atoms with Crippen molar-refractivity contribution in [1.29, 1.82) is 0 Å². The summed E-state index contributed by atoms with van der Waals surface area (Å²) >= 11 is 4.87. The van der Waals surface area contributed by atoms with E-state index in [4.69, 9.17) is 9.84 Å². The number of hydrogen-bond donors (Lipinski definition) is 0. The zero-order chi connectivity index (χ0) is 29.1. The van der Waals surface area contributed by atoms with Crippen molar-refractivity contribution in [1.82, 2.24) is 5.01 Å². The summed E-state index contributed by atoms with van der Waals surface area (Å²) < 4.78 is 8.02. The first-order chi connectivity index (χ1) is 20.2. The number of ether oxygens (including phenoxy) is 1. The summed E-state index contributed by atoms with van der Waals surface area (Å²) in [5.41, 5.74) is 6.12. The van der Waals surface area contributed by atoms with Crippen LogP contribution in [0.25, 0.3) is 6.08 Å². The van der Waals surface area contributed by atoms with Gasteiger partial charge >= 0.3 is 5.85 Å². The minimum atomic E-state index is -1.30. The fourth-order valence-electron chi connectivity index (χ4n) is 5.87. The van der Waals surface area contributed by atoms with Crippen molar-refractivity contribution in [3.63, 3.8) is 0 Å². The Morgan fingerprint density at radius 1 is 0.952 bits per heavy atom. The molecule has 1 amide bonds. The molecule has 2 atom stereocenters. The molecule has 5 nitrogen and oxygen atoms in total. The Hall–Kier alpha value is -3.81. The predicted molar refractivity (Wildman–Crippen MR) is 175 cm³/mol. The number of carbonyl (C=O) groups is 1. The number of rotatable bonds is 3. The molecule has 1 fully saturated rings. The summed E-state index contributed by atoms with van der Waals surface area (Å²) in [4.78, 5) is 16.6. The van der Waals surface area contributed by atoms with E-state index in [1.807, 2.05) is 65.7 Å². The topological polar surface area (TPSA) is 45.1 Å². The van der Waals surface area contributed by atoms with E-state index in [0.29, 0.717) is 6.42 Å². The number of benzene rings is 4. The number of thioether (sulfide) groups is 1. The van der Waals surface area contributed by atoms with E-state index in [1.54, 1.807) is 4.90 Å². The summed E-state index contributed by atoms with van der Waals surface area (Å²) in [6, 6.07) is 34.5. The molecule has 7 rings (SSSR count). The molecule has 4 aromatic rings. The van der Waals surface area contributed by atoms with Crippen molar-refractivity contribution < 1.29 is 9.53 Å². The third kappa shape index (κ3) is 4.46. The quantitative estimate of drug-likeness (QED) is 0.225. The van der Waals surface area contributed by atoms with Gasteiger partial charge in [0.25, 0.3) is 5.24 Å². The van der Waals surface area contributed by atoms with Crippen LogP contribution in [0.3, 0.4) is 0 Å². The molecule has 3 heterocycles. The van der Waals surface area contributed by atoms with E-state index in [-0.39, 0.29) is 16.7 Å². The molecule has 1 spiro atoms. The molecule has 0 aromatic heterocycles. The molecule has 0 radical (unpaired) electrons. The Morgan fingerprint density at radius 3 is 2.33 bits per heavy atom. The second-order valence-corrected chi connectivity index (χ2v) is 13.7. The van der Waals surface area contributed by atoms with Gasteiger partial charge in [-0.25, -0.2) is 9.91 Å². The number of hydrazone groups is 1. The molecule has 0 bridgehead atoms. The van der Waals surface area contributed by atoms with Gasteiger partial charge in [-0.05, 0) is 70.3 Å². The van der Waals surface area contributed by atoms with Gasteiger partial charge in [-0.15, -0.1) is 0 Å². The Labute approximate surface area is 259 Å². The normalized spacial score (nSPS) is 22.3. The van der Waals surface area contributed by atoms with Gasteiger partial charge in [0.15, 0.2) is 0 Å². The van der Waals surface area contributed by atoms with E-state index in [9.17, 15) is 4.79 Å². The molecule has 0 saturated carbocycles. The molecule has 42 heavy (non-hydrogen) atoms. The minimum Gasteiger partial charge on any atom is -0.443 e. The van der Waals surface area contributed by atoms with E-state index >= 15 is 0 Å². The van der Waals surface area contributed by atoms with Crippen molar-refractivity contribution >= 4 is 50.4 Å². The third-order valence-corrected chi connectivity index (χ3v) is 9.46. The standard InChI is InChI=1S/C35H30BrN3O2S/c1-34(2,3)25-16-14-23(15-17-25)20-32-35(38(33(40)42-32)27-12-8-5-9-13-27)39-30(28-21-26(36)18-19-31(28)41-35)22-29(37-39)24-10-6-4-7-11-24/h4-21,30H,22H2,1-3H3/b32-20-. The Bertz CT molecular complexity index is 1730. The van der Waals surface area contributed by atoms with E-state index < -0.39 is 5.85 Å². The molecule has 0 aliphatic carbocycles. The SMILES string of the molecule is CC(C)(C)c1ccc(/C=C2\SC(=O)N(c3ccccc3)C23Oc2ccc(Br)cc2C2CC(c4ccccc4)=NN23)cc1. The average molecular weight is 637 g/mol. The second kappa shape index (κ2) is 10.2. The highest BCUT2D eigenvalue weighted by molar-refractivity contribution is 9.10. The maximum Gasteiger partial charge on any atom is 0.321 e. The number of halogens is 1. The van der Waals surface area contributed by atoms with Gasteiger partial charge in [0.1, 0.15) is 5.75 Å². The van der Waals surface area contributed by atoms with Crippen LogP contribution in [0.1, 0.15) is 55.5 Å². The molecule has 4 aromatic carbocycles. The van der Waals surface area contributed by atoms with Crippen molar-refractivity contribution in [2.24, 2.45) is 5.10 Å². The molecule has 3 aliphatic heterocycles. The lowest BCUT2D eigenvalue weighted by molar-refractivity contribution is -0.0763. The van der Waals surface area contributed by atoms with Gasteiger partial charge in [-0.3, -0.25) is 4.79 Å². The largest absolute Gasteiger partial charge is 0.443 e. The van der Waals surface area contributed by atoms with Crippen LogP contribution in [0.15, 0.2) is 118 Å². The maximum atomic E-state index is 14.0. The summed E-state index contributed by atoms with van der Waals surface area (Å²) in [6.45, 7) is 6.63. The van der Waals surface area contributed by atoms with Crippen LogP contribution in [0.4, 0.5) is 10.5 Å². The minimum absolute atomic E-state index is 0.0465. The van der Waals surface area contributed by atoms with Crippen molar-refractivity contribution in [2.75, 3.05) is 4.90 Å². The number of para-hydroxylation sites is 1. The van der Waals surface area contributed by atoms with Gasteiger partial charge in [0.05, 0.1) is 22.3 Å². The van der Waals surface area contributed by atoms with Crippen LogP contribution in [0.2, 0.25) is 0 Å². The maximum absolute atomic E-state index is 14.0. The average Bonchev–Trinajstić information content (AvgIpc) is 3.55. The van der Waals surface area contributed by atoms with Crippen LogP contribution < -0.4 is 9.64 Å². The highest BCUT2D eigenvalue weighted by Gasteiger charge is 2.63. The molecular formula is C35H30BrN3O2S. The molecule has 0 N–H and O–H groups in total. The van der Waals surface area contributed by atoms with Gasteiger partial charge in [-0.1, -0.05) is 109 Å². The third-order valence-electron chi connectivity index (χ3n) is 8.00. The number of amides is 1. The first-order valence-corrected chi connectivity index (χ1v) is 15.7. The highest BCUT2D eigenvalue weighted by Crippen LogP contribution is 2.57. The molecule has 210 valence electrons. The first kappa shape index (κ1) is 27.0. The number of nitrogens with zero attached hydrogens (tertiary/aromatic N) is 3.